The third-order valence-electron chi connectivity index (χ3n) is 4.46. The van der Waals surface area contributed by atoms with Gasteiger partial charge in [0.2, 0.25) is 0 Å². The van der Waals surface area contributed by atoms with Gasteiger partial charge in [0.15, 0.2) is 0 Å². The number of nitrogens with zero attached hydrogens (tertiary/aromatic N) is 2. The van der Waals surface area contributed by atoms with Crippen LogP contribution in [0.5, 0.6) is 5.75 Å². The Labute approximate surface area is 157 Å². The SMILES string of the molecule is COc1cc(-c2ccc(C(=O)NCc3ccco3)cc2)cn2ncc(C)c12.[HH]. The molecule has 6 nitrogen and oxygen atoms in total. The zero-order valence-electron chi connectivity index (χ0n) is 15.1. The van der Waals surface area contributed by atoms with E-state index in [0.717, 1.165) is 33.7 Å². The number of carbonyl (C=O) groups is 1. The second kappa shape index (κ2) is 6.99. The molecule has 4 rings (SSSR count). The molecule has 0 bridgehead atoms. The highest BCUT2D eigenvalue weighted by Crippen LogP contribution is 2.29. The molecule has 0 spiro atoms. The number of nitrogens with one attached hydrogen (secondary N) is 1. The lowest BCUT2D eigenvalue weighted by Gasteiger charge is -2.09. The third-order valence-corrected chi connectivity index (χ3v) is 4.46. The molecular formula is C21H21N3O3. The van der Waals surface area contributed by atoms with Crippen molar-refractivity contribution < 1.29 is 15.4 Å². The minimum absolute atomic E-state index is 0. The summed E-state index contributed by atoms with van der Waals surface area (Å²) in [5.41, 5.74) is 4.54. The molecule has 4 aromatic rings. The molecule has 6 heteroatoms. The fraction of sp³-hybridized carbons (Fsp3) is 0.143. The van der Waals surface area contributed by atoms with Crippen LogP contribution >= 0.6 is 0 Å². The molecule has 0 fully saturated rings. The number of carbonyl (C=O) groups excluding carboxylic acids is 1. The summed E-state index contributed by atoms with van der Waals surface area (Å²) < 4.78 is 12.6. The van der Waals surface area contributed by atoms with Crippen molar-refractivity contribution in [3.63, 3.8) is 0 Å². The van der Waals surface area contributed by atoms with E-state index in [2.05, 4.69) is 10.4 Å². The van der Waals surface area contributed by atoms with Gasteiger partial charge in [-0.1, -0.05) is 12.1 Å². The fourth-order valence-electron chi connectivity index (χ4n) is 3.04. The highest BCUT2D eigenvalue weighted by atomic mass is 16.5. The van der Waals surface area contributed by atoms with Gasteiger partial charge in [-0.2, -0.15) is 5.10 Å². The van der Waals surface area contributed by atoms with E-state index in [-0.39, 0.29) is 7.33 Å². The van der Waals surface area contributed by atoms with Crippen molar-refractivity contribution in [3.05, 3.63) is 78.0 Å². The van der Waals surface area contributed by atoms with Crippen molar-refractivity contribution in [2.75, 3.05) is 7.11 Å². The van der Waals surface area contributed by atoms with Crippen LogP contribution in [0.25, 0.3) is 16.6 Å². The van der Waals surface area contributed by atoms with Crippen LogP contribution in [0.3, 0.4) is 0 Å². The van der Waals surface area contributed by atoms with E-state index in [1.54, 1.807) is 31.6 Å². The lowest BCUT2D eigenvalue weighted by atomic mass is 10.0. The number of aromatic nitrogens is 2. The van der Waals surface area contributed by atoms with E-state index < -0.39 is 0 Å². The predicted molar refractivity (Wildman–Crippen MR) is 104 cm³/mol. The van der Waals surface area contributed by atoms with E-state index in [4.69, 9.17) is 9.15 Å². The van der Waals surface area contributed by atoms with E-state index in [1.165, 1.54) is 0 Å². The Morgan fingerprint density at radius 1 is 1.26 bits per heavy atom. The minimum atomic E-state index is -0.145. The van der Waals surface area contributed by atoms with Gasteiger partial charge >= 0.3 is 0 Å². The highest BCUT2D eigenvalue weighted by molar-refractivity contribution is 5.94. The largest absolute Gasteiger partial charge is 0.494 e. The molecular weight excluding hydrogens is 342 g/mol. The van der Waals surface area contributed by atoms with Gasteiger partial charge < -0.3 is 14.5 Å². The summed E-state index contributed by atoms with van der Waals surface area (Å²) in [6.45, 7) is 2.36. The molecule has 0 aliphatic carbocycles. The molecule has 0 saturated heterocycles. The summed E-state index contributed by atoms with van der Waals surface area (Å²) >= 11 is 0. The van der Waals surface area contributed by atoms with Crippen LogP contribution in [0.4, 0.5) is 0 Å². The summed E-state index contributed by atoms with van der Waals surface area (Å²) in [5, 5.41) is 7.21. The number of aryl methyl sites for hydroxylation is 1. The number of methoxy groups -OCH3 is 1. The van der Waals surface area contributed by atoms with Crippen LogP contribution in [0.15, 0.2) is 65.5 Å². The van der Waals surface area contributed by atoms with E-state index in [0.29, 0.717) is 12.1 Å². The van der Waals surface area contributed by atoms with Gasteiger partial charge in [-0.25, -0.2) is 4.52 Å². The molecule has 0 unspecified atom stereocenters. The Bertz CT molecular complexity index is 1090. The second-order valence-corrected chi connectivity index (χ2v) is 6.26. The van der Waals surface area contributed by atoms with Crippen molar-refractivity contribution in [2.24, 2.45) is 0 Å². The first-order chi connectivity index (χ1) is 13.2. The van der Waals surface area contributed by atoms with Crippen LogP contribution < -0.4 is 10.1 Å². The summed E-state index contributed by atoms with van der Waals surface area (Å²) in [5.74, 6) is 1.34. The Balaban J connectivity index is 0.00000225. The number of fused-ring (bicyclic) bond motifs is 1. The van der Waals surface area contributed by atoms with Gasteiger partial charge in [-0.05, 0) is 48.4 Å². The molecule has 0 aliphatic heterocycles. The first kappa shape index (κ1) is 16.9. The van der Waals surface area contributed by atoms with E-state index in [1.807, 2.05) is 48.1 Å². The number of furan rings is 1. The monoisotopic (exact) mass is 363 g/mol. The van der Waals surface area contributed by atoms with E-state index in [9.17, 15) is 4.79 Å². The molecule has 1 N–H and O–H groups in total. The Morgan fingerprint density at radius 3 is 2.78 bits per heavy atom. The van der Waals surface area contributed by atoms with Crippen molar-refractivity contribution in [3.8, 4) is 16.9 Å². The van der Waals surface area contributed by atoms with Crippen molar-refractivity contribution >= 4 is 11.4 Å². The van der Waals surface area contributed by atoms with Crippen molar-refractivity contribution in [2.45, 2.75) is 13.5 Å². The van der Waals surface area contributed by atoms with Crippen LogP contribution in [-0.4, -0.2) is 22.6 Å². The third kappa shape index (κ3) is 3.29. The van der Waals surface area contributed by atoms with Crippen molar-refractivity contribution in [1.29, 1.82) is 0 Å². The number of hydrogen-bond acceptors (Lipinski definition) is 4. The molecule has 3 heterocycles. The molecule has 1 amide bonds. The molecule has 0 radical (unpaired) electrons. The fourth-order valence-corrected chi connectivity index (χ4v) is 3.04. The molecule has 0 aliphatic rings. The van der Waals surface area contributed by atoms with Crippen LogP contribution in [0.2, 0.25) is 0 Å². The van der Waals surface area contributed by atoms with Crippen LogP contribution in [-0.2, 0) is 6.54 Å². The summed E-state index contributed by atoms with van der Waals surface area (Å²) in [6.07, 6.45) is 5.35. The Kier molecular flexibility index (Phi) is 4.38. The molecule has 0 saturated carbocycles. The van der Waals surface area contributed by atoms with Gasteiger partial charge in [0, 0.05) is 18.8 Å². The maximum Gasteiger partial charge on any atom is 0.251 e. The molecule has 1 aromatic carbocycles. The number of ether oxygens (including phenoxy) is 1. The van der Waals surface area contributed by atoms with Crippen LogP contribution in [0.1, 0.15) is 23.1 Å². The van der Waals surface area contributed by atoms with Crippen LogP contribution in [0, 0.1) is 6.92 Å². The summed E-state index contributed by atoms with van der Waals surface area (Å²) in [6, 6.07) is 13.0. The zero-order valence-corrected chi connectivity index (χ0v) is 15.1. The van der Waals surface area contributed by atoms with Crippen molar-refractivity contribution in [1.82, 2.24) is 14.9 Å². The molecule has 3 aromatic heterocycles. The lowest BCUT2D eigenvalue weighted by Crippen LogP contribution is -2.22. The van der Waals surface area contributed by atoms with Gasteiger partial charge in [0.1, 0.15) is 17.0 Å². The molecule has 27 heavy (non-hydrogen) atoms. The van der Waals surface area contributed by atoms with Gasteiger partial charge in [0.25, 0.3) is 5.91 Å². The number of rotatable bonds is 5. The van der Waals surface area contributed by atoms with Gasteiger partial charge in [-0.3, -0.25) is 4.79 Å². The van der Waals surface area contributed by atoms with Gasteiger partial charge in [-0.15, -0.1) is 0 Å². The summed E-state index contributed by atoms with van der Waals surface area (Å²) in [4.78, 5) is 12.3. The van der Waals surface area contributed by atoms with E-state index >= 15 is 0 Å². The number of benzene rings is 1. The Morgan fingerprint density at radius 2 is 2.07 bits per heavy atom. The maximum absolute atomic E-state index is 12.3. The Hall–Kier alpha value is -3.54. The highest BCUT2D eigenvalue weighted by Gasteiger charge is 2.11. The first-order valence-corrected chi connectivity index (χ1v) is 8.58. The molecule has 0 atom stereocenters. The normalized spacial score (nSPS) is 10.9. The standard InChI is InChI=1S/C21H19N3O3.H2/c1-14-11-23-24-13-17(10-19(26-2)20(14)24)15-5-7-16(8-6-15)21(25)22-12-18-4-3-9-27-18;/h3-11,13H,12H2,1-2H3,(H,22,25);1H. The predicted octanol–water partition coefficient (Wildman–Crippen LogP) is 4.09. The zero-order chi connectivity index (χ0) is 18.8. The maximum atomic E-state index is 12.3. The first-order valence-electron chi connectivity index (χ1n) is 8.58. The van der Waals surface area contributed by atoms with Gasteiger partial charge in [0.05, 0.1) is 26.1 Å². The lowest BCUT2D eigenvalue weighted by molar-refractivity contribution is 0.0948. The average Bonchev–Trinajstić information content (AvgIpc) is 3.35. The topological polar surface area (TPSA) is 68.8 Å². The average molecular weight is 363 g/mol. The minimum Gasteiger partial charge on any atom is -0.494 e. The number of hydrogen-bond donors (Lipinski definition) is 1. The quantitative estimate of drug-likeness (QED) is 0.580. The molecule has 138 valence electrons. The number of pyridine rings is 1. The summed E-state index contributed by atoms with van der Waals surface area (Å²) in [7, 11) is 1.65. The smallest absolute Gasteiger partial charge is 0.251 e. The second-order valence-electron chi connectivity index (χ2n) is 6.26. The number of amides is 1.